The second-order valence-corrected chi connectivity index (χ2v) is 4.92. The van der Waals surface area contributed by atoms with Crippen LogP contribution in [0.2, 0.25) is 0 Å². The highest BCUT2D eigenvalue weighted by atomic mass is 79.9. The van der Waals surface area contributed by atoms with Crippen molar-refractivity contribution in [2.75, 3.05) is 0 Å². The Labute approximate surface area is 114 Å². The quantitative estimate of drug-likeness (QED) is 0.914. The molecule has 1 N–H and O–H groups in total. The normalized spacial score (nSPS) is 10.3. The molecule has 0 heterocycles. The molecule has 18 heavy (non-hydrogen) atoms. The van der Waals surface area contributed by atoms with Crippen LogP contribution in [0.25, 0.3) is 11.1 Å². The van der Waals surface area contributed by atoms with E-state index in [1.54, 1.807) is 12.1 Å². The van der Waals surface area contributed by atoms with E-state index in [2.05, 4.69) is 22.9 Å². The van der Waals surface area contributed by atoms with Crippen molar-refractivity contribution in [3.05, 3.63) is 58.1 Å². The molecule has 0 atom stereocenters. The van der Waals surface area contributed by atoms with Crippen LogP contribution >= 0.6 is 15.9 Å². The second kappa shape index (κ2) is 5.36. The zero-order chi connectivity index (χ0) is 13.1. The highest BCUT2D eigenvalue weighted by molar-refractivity contribution is 9.10. The monoisotopic (exact) mass is 304 g/mol. The van der Waals surface area contributed by atoms with Gasteiger partial charge in [-0.25, -0.2) is 4.79 Å². The summed E-state index contributed by atoms with van der Waals surface area (Å²) in [4.78, 5) is 11.3. The number of benzene rings is 2. The number of hydrogen-bond acceptors (Lipinski definition) is 1. The second-order valence-electron chi connectivity index (χ2n) is 4.01. The Kier molecular flexibility index (Phi) is 3.82. The van der Waals surface area contributed by atoms with Crippen LogP contribution < -0.4 is 0 Å². The molecule has 0 fully saturated rings. The Bertz CT molecular complexity index is 591. The molecule has 2 rings (SSSR count). The molecule has 0 saturated carbocycles. The summed E-state index contributed by atoms with van der Waals surface area (Å²) in [5.41, 5.74) is 3.24. The third-order valence-corrected chi connectivity index (χ3v) is 3.39. The zero-order valence-electron chi connectivity index (χ0n) is 9.98. The van der Waals surface area contributed by atoms with Gasteiger partial charge in [0.25, 0.3) is 0 Å². The van der Waals surface area contributed by atoms with Crippen LogP contribution in [0.3, 0.4) is 0 Å². The first-order valence-electron chi connectivity index (χ1n) is 5.74. The maximum absolute atomic E-state index is 11.3. The minimum Gasteiger partial charge on any atom is -0.478 e. The first-order valence-corrected chi connectivity index (χ1v) is 6.54. The summed E-state index contributed by atoms with van der Waals surface area (Å²) in [5, 5.41) is 9.24. The molecule has 2 nitrogen and oxygen atoms in total. The number of aryl methyl sites for hydroxylation is 1. The first-order chi connectivity index (χ1) is 8.63. The molecule has 0 aliphatic rings. The Morgan fingerprint density at radius 3 is 2.56 bits per heavy atom. The van der Waals surface area contributed by atoms with Gasteiger partial charge in [-0.2, -0.15) is 0 Å². The van der Waals surface area contributed by atoms with E-state index < -0.39 is 5.97 Å². The molecule has 0 aliphatic heterocycles. The lowest BCUT2D eigenvalue weighted by atomic mass is 9.94. The van der Waals surface area contributed by atoms with Crippen molar-refractivity contribution in [3.63, 3.8) is 0 Å². The van der Waals surface area contributed by atoms with E-state index in [0.29, 0.717) is 5.56 Å². The molecule has 0 spiro atoms. The van der Waals surface area contributed by atoms with Gasteiger partial charge in [-0.3, -0.25) is 0 Å². The van der Waals surface area contributed by atoms with Gasteiger partial charge in [-0.05, 0) is 41.3 Å². The number of carbonyl (C=O) groups is 1. The van der Waals surface area contributed by atoms with Crippen LogP contribution in [0.4, 0.5) is 0 Å². The van der Waals surface area contributed by atoms with Crippen molar-refractivity contribution in [2.45, 2.75) is 13.3 Å². The van der Waals surface area contributed by atoms with Crippen LogP contribution in [0.5, 0.6) is 0 Å². The molecule has 0 radical (unpaired) electrons. The van der Waals surface area contributed by atoms with Gasteiger partial charge >= 0.3 is 5.97 Å². The first kappa shape index (κ1) is 12.8. The largest absolute Gasteiger partial charge is 0.478 e. The van der Waals surface area contributed by atoms with Crippen molar-refractivity contribution >= 4 is 21.9 Å². The zero-order valence-corrected chi connectivity index (χ0v) is 11.6. The van der Waals surface area contributed by atoms with Crippen molar-refractivity contribution in [1.82, 2.24) is 0 Å². The topological polar surface area (TPSA) is 37.3 Å². The van der Waals surface area contributed by atoms with Crippen LogP contribution in [0.1, 0.15) is 22.8 Å². The lowest BCUT2D eigenvalue weighted by Crippen LogP contribution is -2.00. The number of carboxylic acids is 1. The summed E-state index contributed by atoms with van der Waals surface area (Å²) in [6, 6.07) is 13.0. The minimum atomic E-state index is -0.893. The summed E-state index contributed by atoms with van der Waals surface area (Å²) < 4.78 is 1.01. The highest BCUT2D eigenvalue weighted by Gasteiger charge is 2.13. The maximum Gasteiger partial charge on any atom is 0.336 e. The number of rotatable bonds is 3. The predicted octanol–water partition coefficient (Wildman–Crippen LogP) is 4.38. The molecule has 0 aliphatic carbocycles. The Hall–Kier alpha value is -1.61. The standard InChI is InChI=1S/C15H13BrO2/c1-2-10-9-11(16)7-8-12(10)13-5-3-4-6-14(13)15(17)18/h3-9H,2H2,1H3,(H,17,18). The van der Waals surface area contributed by atoms with E-state index in [-0.39, 0.29) is 0 Å². The molecular formula is C15H13BrO2. The average molecular weight is 305 g/mol. The molecule has 0 unspecified atom stereocenters. The fourth-order valence-corrected chi connectivity index (χ4v) is 2.43. The van der Waals surface area contributed by atoms with E-state index >= 15 is 0 Å². The summed E-state index contributed by atoms with van der Waals surface area (Å²) >= 11 is 3.44. The number of halogens is 1. The van der Waals surface area contributed by atoms with Gasteiger partial charge in [0.2, 0.25) is 0 Å². The number of hydrogen-bond donors (Lipinski definition) is 1. The van der Waals surface area contributed by atoms with E-state index in [1.807, 2.05) is 30.3 Å². The van der Waals surface area contributed by atoms with E-state index in [9.17, 15) is 9.90 Å². The Morgan fingerprint density at radius 2 is 1.89 bits per heavy atom. The third kappa shape index (κ3) is 2.46. The summed E-state index contributed by atoms with van der Waals surface area (Å²) in [5.74, 6) is -0.893. The van der Waals surface area contributed by atoms with Crippen molar-refractivity contribution in [3.8, 4) is 11.1 Å². The summed E-state index contributed by atoms with van der Waals surface area (Å²) in [6.45, 7) is 2.06. The predicted molar refractivity (Wildman–Crippen MR) is 75.9 cm³/mol. The fraction of sp³-hybridized carbons (Fsp3) is 0.133. The van der Waals surface area contributed by atoms with Gasteiger partial charge in [0.15, 0.2) is 0 Å². The van der Waals surface area contributed by atoms with E-state index in [4.69, 9.17) is 0 Å². The van der Waals surface area contributed by atoms with Gasteiger partial charge in [-0.15, -0.1) is 0 Å². The molecule has 0 saturated heterocycles. The third-order valence-electron chi connectivity index (χ3n) is 2.90. The fourth-order valence-electron chi connectivity index (χ4n) is 2.02. The average Bonchev–Trinajstić information content (AvgIpc) is 2.38. The summed E-state index contributed by atoms with van der Waals surface area (Å²) in [7, 11) is 0. The smallest absolute Gasteiger partial charge is 0.336 e. The summed E-state index contributed by atoms with van der Waals surface area (Å²) in [6.07, 6.45) is 0.864. The van der Waals surface area contributed by atoms with Crippen LogP contribution in [-0.4, -0.2) is 11.1 Å². The molecule has 0 aromatic heterocycles. The van der Waals surface area contributed by atoms with Crippen LogP contribution in [-0.2, 0) is 6.42 Å². The van der Waals surface area contributed by atoms with Crippen LogP contribution in [0.15, 0.2) is 46.9 Å². The van der Waals surface area contributed by atoms with Crippen molar-refractivity contribution in [1.29, 1.82) is 0 Å². The molecule has 92 valence electrons. The lowest BCUT2D eigenvalue weighted by molar-refractivity contribution is 0.0697. The lowest BCUT2D eigenvalue weighted by Gasteiger charge is -2.11. The maximum atomic E-state index is 11.3. The molecule has 2 aromatic carbocycles. The van der Waals surface area contributed by atoms with Gasteiger partial charge in [0, 0.05) is 4.47 Å². The van der Waals surface area contributed by atoms with E-state index in [1.165, 1.54) is 0 Å². The van der Waals surface area contributed by atoms with E-state index in [0.717, 1.165) is 27.6 Å². The Balaban J connectivity index is 2.65. The van der Waals surface area contributed by atoms with Crippen LogP contribution in [0, 0.1) is 0 Å². The number of carboxylic acid groups (broad SMARTS) is 1. The molecule has 3 heteroatoms. The molecule has 0 bridgehead atoms. The van der Waals surface area contributed by atoms with Crippen molar-refractivity contribution < 1.29 is 9.90 Å². The molecule has 0 amide bonds. The van der Waals surface area contributed by atoms with Crippen molar-refractivity contribution in [2.24, 2.45) is 0 Å². The Morgan fingerprint density at radius 1 is 1.17 bits per heavy atom. The molecular weight excluding hydrogens is 292 g/mol. The molecule has 2 aromatic rings. The minimum absolute atomic E-state index is 0.342. The van der Waals surface area contributed by atoms with Gasteiger partial charge in [0.05, 0.1) is 5.56 Å². The SMILES string of the molecule is CCc1cc(Br)ccc1-c1ccccc1C(=O)O. The highest BCUT2D eigenvalue weighted by Crippen LogP contribution is 2.29. The number of aromatic carboxylic acids is 1. The van der Waals surface area contributed by atoms with Gasteiger partial charge in [-0.1, -0.05) is 47.1 Å². The van der Waals surface area contributed by atoms with Gasteiger partial charge < -0.3 is 5.11 Å². The van der Waals surface area contributed by atoms with Gasteiger partial charge in [0.1, 0.15) is 0 Å².